The number of Topliss-reactive ketones (excluding diaryl/α,β-unsaturated/α-hetero) is 1. The van der Waals surface area contributed by atoms with Crippen molar-refractivity contribution >= 4 is 28.4 Å². The van der Waals surface area contributed by atoms with Crippen molar-refractivity contribution in [3.8, 4) is 0 Å². The molecule has 0 heterocycles. The standard InChI is InChI=1S/C8H8O.C5H11I/c1-7(9)8-5-3-2-4-6-8;1-2-3-4-5-6/h2-6H,1H3;2-5H2,1H3. The summed E-state index contributed by atoms with van der Waals surface area (Å²) in [5.41, 5.74) is 0.775. The highest BCUT2D eigenvalue weighted by molar-refractivity contribution is 14.1. The number of ketones is 1. The Hall–Kier alpha value is -0.380. The molecule has 0 saturated heterocycles. The summed E-state index contributed by atoms with van der Waals surface area (Å²) < 4.78 is 1.32. The highest BCUT2D eigenvalue weighted by atomic mass is 127. The fraction of sp³-hybridized carbons (Fsp3) is 0.462. The summed E-state index contributed by atoms with van der Waals surface area (Å²) in [4.78, 5) is 10.6. The Morgan fingerprint density at radius 1 is 1.20 bits per heavy atom. The molecule has 1 aromatic rings. The highest BCUT2D eigenvalue weighted by Crippen LogP contribution is 1.97. The van der Waals surface area contributed by atoms with Crippen LogP contribution in [0.5, 0.6) is 0 Å². The molecule has 1 aromatic carbocycles. The molecule has 0 spiro atoms. The zero-order valence-corrected chi connectivity index (χ0v) is 11.7. The maximum Gasteiger partial charge on any atom is 0.159 e. The number of carbonyl (C=O) groups is 1. The zero-order chi connectivity index (χ0) is 11.5. The summed E-state index contributed by atoms with van der Waals surface area (Å²) in [5, 5.41) is 0. The van der Waals surface area contributed by atoms with Gasteiger partial charge < -0.3 is 0 Å². The number of carbonyl (C=O) groups excluding carboxylic acids is 1. The maximum atomic E-state index is 10.6. The number of benzene rings is 1. The van der Waals surface area contributed by atoms with Gasteiger partial charge in [0.25, 0.3) is 0 Å². The van der Waals surface area contributed by atoms with Crippen LogP contribution in [0.25, 0.3) is 0 Å². The smallest absolute Gasteiger partial charge is 0.159 e. The number of alkyl halides is 1. The largest absolute Gasteiger partial charge is 0.295 e. The molecule has 0 aliphatic heterocycles. The minimum absolute atomic E-state index is 0.121. The van der Waals surface area contributed by atoms with Crippen LogP contribution in [0.2, 0.25) is 0 Å². The predicted octanol–water partition coefficient (Wildman–Crippen LogP) is 4.50. The Morgan fingerprint density at radius 3 is 2.07 bits per heavy atom. The molecule has 84 valence electrons. The lowest BCUT2D eigenvalue weighted by Gasteiger charge is -1.89. The monoisotopic (exact) mass is 318 g/mol. The lowest BCUT2D eigenvalue weighted by atomic mass is 10.2. The Balaban J connectivity index is 0.000000288. The van der Waals surface area contributed by atoms with Gasteiger partial charge >= 0.3 is 0 Å². The van der Waals surface area contributed by atoms with E-state index in [4.69, 9.17) is 0 Å². The third kappa shape index (κ3) is 8.60. The van der Waals surface area contributed by atoms with E-state index < -0.39 is 0 Å². The van der Waals surface area contributed by atoms with E-state index >= 15 is 0 Å². The first-order valence-electron chi connectivity index (χ1n) is 5.34. The number of hydrogen-bond donors (Lipinski definition) is 0. The quantitative estimate of drug-likeness (QED) is 0.346. The third-order valence-corrected chi connectivity index (χ3v) is 2.68. The molecule has 0 aliphatic carbocycles. The summed E-state index contributed by atoms with van der Waals surface area (Å²) in [6, 6.07) is 9.23. The normalized spacial score (nSPS) is 9.00. The number of unbranched alkanes of at least 4 members (excludes halogenated alkanes) is 2. The van der Waals surface area contributed by atoms with Crippen molar-refractivity contribution in [1.29, 1.82) is 0 Å². The van der Waals surface area contributed by atoms with Gasteiger partial charge in [0.15, 0.2) is 5.78 Å². The van der Waals surface area contributed by atoms with Crippen LogP contribution in [-0.2, 0) is 0 Å². The van der Waals surface area contributed by atoms with Crippen molar-refractivity contribution in [3.63, 3.8) is 0 Å². The molecular formula is C13H19IO. The highest BCUT2D eigenvalue weighted by Gasteiger charge is 1.92. The van der Waals surface area contributed by atoms with Gasteiger partial charge in [-0.15, -0.1) is 0 Å². The fourth-order valence-corrected chi connectivity index (χ4v) is 1.56. The van der Waals surface area contributed by atoms with Gasteiger partial charge in [0, 0.05) is 5.56 Å². The van der Waals surface area contributed by atoms with E-state index in [2.05, 4.69) is 29.5 Å². The SMILES string of the molecule is CC(=O)c1ccccc1.CCCCCI. The summed E-state index contributed by atoms with van der Waals surface area (Å²) in [6.07, 6.45) is 4.16. The predicted molar refractivity (Wildman–Crippen MR) is 74.9 cm³/mol. The van der Waals surface area contributed by atoms with Gasteiger partial charge in [0.1, 0.15) is 0 Å². The van der Waals surface area contributed by atoms with Crippen molar-refractivity contribution in [2.75, 3.05) is 4.43 Å². The molecule has 0 unspecified atom stereocenters. The second kappa shape index (κ2) is 10.1. The van der Waals surface area contributed by atoms with Crippen molar-refractivity contribution in [3.05, 3.63) is 35.9 Å². The number of rotatable bonds is 4. The average Bonchev–Trinajstić information content (AvgIpc) is 2.28. The molecule has 1 rings (SSSR count). The van der Waals surface area contributed by atoms with Crippen LogP contribution >= 0.6 is 22.6 Å². The maximum absolute atomic E-state index is 10.6. The summed E-state index contributed by atoms with van der Waals surface area (Å²) in [7, 11) is 0. The summed E-state index contributed by atoms with van der Waals surface area (Å²) in [5.74, 6) is 0.121. The molecule has 0 N–H and O–H groups in total. The van der Waals surface area contributed by atoms with E-state index in [0.29, 0.717) is 0 Å². The fourth-order valence-electron chi connectivity index (χ4n) is 1.02. The van der Waals surface area contributed by atoms with E-state index in [9.17, 15) is 4.79 Å². The van der Waals surface area contributed by atoms with Gasteiger partial charge in [-0.3, -0.25) is 4.79 Å². The van der Waals surface area contributed by atoms with Crippen molar-refractivity contribution in [1.82, 2.24) is 0 Å². The van der Waals surface area contributed by atoms with Crippen molar-refractivity contribution < 1.29 is 4.79 Å². The van der Waals surface area contributed by atoms with Crippen LogP contribution in [0.1, 0.15) is 43.5 Å². The zero-order valence-electron chi connectivity index (χ0n) is 9.50. The first-order valence-corrected chi connectivity index (χ1v) is 6.86. The Morgan fingerprint density at radius 2 is 1.80 bits per heavy atom. The first kappa shape index (κ1) is 14.6. The lowest BCUT2D eigenvalue weighted by Crippen LogP contribution is -1.88. The molecule has 0 aliphatic rings. The topological polar surface area (TPSA) is 17.1 Å². The molecule has 1 nitrogen and oxygen atoms in total. The third-order valence-electron chi connectivity index (χ3n) is 1.92. The molecule has 0 radical (unpaired) electrons. The van der Waals surface area contributed by atoms with Gasteiger partial charge in [-0.25, -0.2) is 0 Å². The lowest BCUT2D eigenvalue weighted by molar-refractivity contribution is 0.101. The van der Waals surface area contributed by atoms with Crippen molar-refractivity contribution in [2.24, 2.45) is 0 Å². The van der Waals surface area contributed by atoms with Gasteiger partial charge in [0.2, 0.25) is 0 Å². The Bertz CT molecular complexity index is 252. The molecule has 0 fully saturated rings. The van der Waals surface area contributed by atoms with Gasteiger partial charge in [0.05, 0.1) is 0 Å². The number of halogens is 1. The van der Waals surface area contributed by atoms with E-state index in [1.165, 1.54) is 23.7 Å². The molecule has 0 amide bonds. The Kier molecular flexibility index (Phi) is 9.89. The van der Waals surface area contributed by atoms with Gasteiger partial charge in [-0.1, -0.05) is 72.7 Å². The van der Waals surface area contributed by atoms with Crippen LogP contribution in [0.15, 0.2) is 30.3 Å². The molecule has 0 bridgehead atoms. The van der Waals surface area contributed by atoms with Gasteiger partial charge in [-0.2, -0.15) is 0 Å². The molecule has 0 atom stereocenters. The van der Waals surface area contributed by atoms with Crippen molar-refractivity contribution in [2.45, 2.75) is 33.1 Å². The van der Waals surface area contributed by atoms with Gasteiger partial charge in [-0.05, 0) is 17.8 Å². The molecular weight excluding hydrogens is 299 g/mol. The van der Waals surface area contributed by atoms with E-state index in [1.54, 1.807) is 6.92 Å². The van der Waals surface area contributed by atoms with Crippen LogP contribution in [-0.4, -0.2) is 10.2 Å². The van der Waals surface area contributed by atoms with E-state index in [1.807, 2.05) is 30.3 Å². The second-order valence-corrected chi connectivity index (χ2v) is 4.40. The minimum Gasteiger partial charge on any atom is -0.295 e. The average molecular weight is 318 g/mol. The minimum atomic E-state index is 0.121. The van der Waals surface area contributed by atoms with E-state index in [-0.39, 0.29) is 5.78 Å². The molecule has 0 saturated carbocycles. The molecule has 2 heteroatoms. The Labute approximate surface area is 106 Å². The van der Waals surface area contributed by atoms with Crippen LogP contribution in [0.3, 0.4) is 0 Å². The van der Waals surface area contributed by atoms with E-state index in [0.717, 1.165) is 5.56 Å². The second-order valence-electron chi connectivity index (χ2n) is 3.32. The summed E-state index contributed by atoms with van der Waals surface area (Å²) in [6.45, 7) is 3.79. The summed E-state index contributed by atoms with van der Waals surface area (Å²) >= 11 is 2.41. The van der Waals surface area contributed by atoms with Crippen LogP contribution in [0, 0.1) is 0 Å². The first-order chi connectivity index (χ1) is 7.22. The number of hydrogen-bond acceptors (Lipinski definition) is 1. The van der Waals surface area contributed by atoms with Crippen LogP contribution in [0.4, 0.5) is 0 Å². The molecule has 15 heavy (non-hydrogen) atoms. The molecule has 0 aromatic heterocycles. The van der Waals surface area contributed by atoms with Crippen LogP contribution < -0.4 is 0 Å².